The molecule has 0 aliphatic heterocycles. The van der Waals surface area contributed by atoms with Crippen LogP contribution in [0.3, 0.4) is 0 Å². The second-order valence-electron chi connectivity index (χ2n) is 0. The fourth-order valence-corrected chi connectivity index (χ4v) is 0. The van der Waals surface area contributed by atoms with Crippen LogP contribution in [0.4, 0.5) is 0 Å². The third kappa shape index (κ3) is 24.1. The zero-order valence-electron chi connectivity index (χ0n) is 2.50. The molecule has 0 saturated carbocycles. The van der Waals surface area contributed by atoms with Crippen molar-refractivity contribution in [2.24, 2.45) is 0 Å². The summed E-state index contributed by atoms with van der Waals surface area (Å²) in [5.41, 5.74) is 0. The molecule has 0 fully saturated rings. The average molecular weight is 783 g/mol. The maximum Gasteiger partial charge on any atom is 0 e. The molecular formula is AlAu2PtSnTi. The second kappa shape index (κ2) is 35.0. The van der Waals surface area contributed by atoms with Gasteiger partial charge in [-0.2, -0.15) is 0 Å². The van der Waals surface area contributed by atoms with Gasteiger partial charge in [0.2, 0.25) is 0 Å². The zero-order valence-corrected chi connectivity index (χ0v) is 14.7. The normalized spacial score (nSPS) is 0. The molecule has 43 valence electrons. The van der Waals surface area contributed by atoms with E-state index < -0.39 is 0 Å². The molecule has 0 saturated heterocycles. The van der Waals surface area contributed by atoms with E-state index >= 15 is 0 Å². The fourth-order valence-electron chi connectivity index (χ4n) is 0. The molecule has 0 aromatic carbocycles. The Morgan fingerprint density at radius 2 is 0.833 bits per heavy atom. The first-order chi connectivity index (χ1) is 0. The van der Waals surface area contributed by atoms with Crippen molar-refractivity contribution in [3.8, 4) is 0 Å². The smallest absolute Gasteiger partial charge is 0 e. The van der Waals surface area contributed by atoms with Gasteiger partial charge in [0.25, 0.3) is 0 Å². The summed E-state index contributed by atoms with van der Waals surface area (Å²) in [5.74, 6) is 0. The minimum absolute atomic E-state index is 0. The molecule has 0 aromatic rings. The van der Waals surface area contributed by atoms with Gasteiger partial charge in [-0.3, -0.25) is 0 Å². The van der Waals surface area contributed by atoms with Crippen molar-refractivity contribution >= 4 is 41.3 Å². The minimum Gasteiger partial charge on any atom is 0 e. The van der Waals surface area contributed by atoms with E-state index in [9.17, 15) is 0 Å². The van der Waals surface area contributed by atoms with Gasteiger partial charge in [0.15, 0.2) is 0 Å². The third-order valence-corrected chi connectivity index (χ3v) is 0. The van der Waals surface area contributed by atoms with Crippen LogP contribution < -0.4 is 0 Å². The molecule has 0 spiro atoms. The number of rotatable bonds is 0. The van der Waals surface area contributed by atoms with E-state index in [4.69, 9.17) is 0 Å². The molecule has 0 aliphatic rings. The Balaban J connectivity index is 0. The van der Waals surface area contributed by atoms with E-state index in [1.165, 1.54) is 0 Å². The standard InChI is InChI=1S/Al.2Au.Pt.Sn.Ti. The molecule has 0 heterocycles. The van der Waals surface area contributed by atoms with E-state index in [1.54, 1.807) is 0 Å². The number of hydrogen-bond donors (Lipinski definition) is 0. The summed E-state index contributed by atoms with van der Waals surface area (Å²) in [4.78, 5) is 0. The predicted octanol–water partition coefficient (Wildman–Crippen LogP) is -0.772. The van der Waals surface area contributed by atoms with Crippen molar-refractivity contribution in [1.82, 2.24) is 0 Å². The summed E-state index contributed by atoms with van der Waals surface area (Å²) in [7, 11) is 0. The monoisotopic (exact) mass is 784 g/mol. The first-order valence-corrected chi connectivity index (χ1v) is 0. The largest absolute Gasteiger partial charge is 0 e. The summed E-state index contributed by atoms with van der Waals surface area (Å²) in [6.07, 6.45) is 0. The van der Waals surface area contributed by atoms with Gasteiger partial charge in [-0.05, 0) is 0 Å². The molecule has 0 nitrogen and oxygen atoms in total. The first kappa shape index (κ1) is 48.8. The molecule has 6 heavy (non-hydrogen) atoms. The second-order valence-corrected chi connectivity index (χ2v) is 0. The Hall–Kier alpha value is 4.21. The quantitative estimate of drug-likeness (QED) is 0.284. The molecule has 0 unspecified atom stereocenters. The maximum absolute atomic E-state index is 0. The van der Waals surface area contributed by atoms with Gasteiger partial charge in [-0.1, -0.05) is 0 Å². The first-order valence-electron chi connectivity index (χ1n) is 0. The van der Waals surface area contributed by atoms with E-state index in [1.807, 2.05) is 0 Å². The molecule has 0 aliphatic carbocycles. The van der Waals surface area contributed by atoms with Gasteiger partial charge in [-0.15, -0.1) is 0 Å². The Morgan fingerprint density at radius 1 is 0.833 bits per heavy atom. The van der Waals surface area contributed by atoms with Crippen LogP contribution in [0.2, 0.25) is 0 Å². The SMILES string of the molecule is [Al].[Au].[Au].[Pt].[Sn].[Ti]. The van der Waals surface area contributed by atoms with Crippen LogP contribution in [0, 0.1) is 0 Å². The van der Waals surface area contributed by atoms with Crippen LogP contribution in [0.5, 0.6) is 0 Å². The minimum atomic E-state index is 0. The van der Waals surface area contributed by atoms with Gasteiger partial charge >= 0.3 is 0 Å². The Bertz CT molecular complexity index is 13.5. The molecule has 0 rings (SSSR count). The molecule has 9 radical (unpaired) electrons. The van der Waals surface area contributed by atoms with Crippen LogP contribution in [0.25, 0.3) is 0 Å². The number of hydrogen-bond acceptors (Lipinski definition) is 0. The Morgan fingerprint density at radius 3 is 0.833 bits per heavy atom. The molecule has 0 amide bonds. The molecule has 0 aromatic heterocycles. The predicted molar refractivity (Wildman–Crippen MR) is 11.5 cm³/mol. The maximum atomic E-state index is 0. The Kier molecular flexibility index (Phi) is 285. The van der Waals surface area contributed by atoms with Crippen LogP contribution in [0.1, 0.15) is 0 Å². The van der Waals surface area contributed by atoms with Gasteiger partial charge in [0.05, 0.1) is 0 Å². The van der Waals surface area contributed by atoms with Crippen LogP contribution in [-0.2, 0) is 87.5 Å². The summed E-state index contributed by atoms with van der Waals surface area (Å²) in [6.45, 7) is 0. The van der Waals surface area contributed by atoms with Crippen molar-refractivity contribution in [1.29, 1.82) is 0 Å². The molecule has 6 heteroatoms. The average Bonchev–Trinajstić information content (AvgIpc) is 0. The van der Waals surface area contributed by atoms with Crippen LogP contribution in [0.15, 0.2) is 0 Å². The summed E-state index contributed by atoms with van der Waals surface area (Å²) >= 11 is 0. The van der Waals surface area contributed by atoms with Crippen molar-refractivity contribution in [3.63, 3.8) is 0 Å². The zero-order chi connectivity index (χ0) is 0. The summed E-state index contributed by atoms with van der Waals surface area (Å²) in [6, 6.07) is 0. The van der Waals surface area contributed by atoms with Gasteiger partial charge in [-0.25, -0.2) is 0 Å². The van der Waals surface area contributed by atoms with Gasteiger partial charge in [0, 0.05) is 129 Å². The van der Waals surface area contributed by atoms with E-state index in [0.29, 0.717) is 0 Å². The molecule has 0 N–H and O–H groups in total. The summed E-state index contributed by atoms with van der Waals surface area (Å²) in [5, 5.41) is 0. The van der Waals surface area contributed by atoms with Crippen LogP contribution >= 0.6 is 0 Å². The third-order valence-electron chi connectivity index (χ3n) is 0. The van der Waals surface area contributed by atoms with Crippen molar-refractivity contribution in [2.45, 2.75) is 0 Å². The topological polar surface area (TPSA) is 0 Å². The van der Waals surface area contributed by atoms with Crippen molar-refractivity contribution in [2.75, 3.05) is 0 Å². The van der Waals surface area contributed by atoms with Crippen molar-refractivity contribution < 1.29 is 87.5 Å². The van der Waals surface area contributed by atoms with E-state index in [-0.39, 0.29) is 129 Å². The molecular weight excluding hydrogens is 783 g/mol. The van der Waals surface area contributed by atoms with E-state index in [0.717, 1.165) is 0 Å². The van der Waals surface area contributed by atoms with Gasteiger partial charge in [0.1, 0.15) is 0 Å². The molecule has 0 bridgehead atoms. The summed E-state index contributed by atoms with van der Waals surface area (Å²) < 4.78 is 0. The van der Waals surface area contributed by atoms with E-state index in [2.05, 4.69) is 0 Å². The van der Waals surface area contributed by atoms with Crippen LogP contribution in [-0.4, -0.2) is 41.3 Å². The van der Waals surface area contributed by atoms with Crippen molar-refractivity contribution in [3.05, 3.63) is 0 Å². The fraction of sp³-hybridized carbons (Fsp3) is 0. The Labute approximate surface area is 126 Å². The van der Waals surface area contributed by atoms with Gasteiger partial charge < -0.3 is 0 Å². The molecule has 0 atom stereocenters.